The van der Waals surface area contributed by atoms with Crippen LogP contribution < -0.4 is 0 Å². The molecule has 8 nitrogen and oxygen atoms in total. The van der Waals surface area contributed by atoms with Crippen LogP contribution >= 0.6 is 11.6 Å². The van der Waals surface area contributed by atoms with Crippen molar-refractivity contribution in [3.8, 4) is 11.4 Å². The Morgan fingerprint density at radius 3 is 2.39 bits per heavy atom. The third kappa shape index (κ3) is 5.86. The van der Waals surface area contributed by atoms with Gasteiger partial charge in [-0.15, -0.1) is 11.6 Å². The van der Waals surface area contributed by atoms with E-state index in [9.17, 15) is 14.4 Å². The maximum atomic E-state index is 13.8. The van der Waals surface area contributed by atoms with Gasteiger partial charge in [0.05, 0.1) is 17.7 Å². The Hall–Kier alpha value is -3.00. The van der Waals surface area contributed by atoms with Gasteiger partial charge in [0.15, 0.2) is 5.82 Å². The molecule has 1 fully saturated rings. The summed E-state index contributed by atoms with van der Waals surface area (Å²) >= 11 is 6.02. The minimum atomic E-state index is -0.689. The highest BCUT2D eigenvalue weighted by Crippen LogP contribution is 2.26. The van der Waals surface area contributed by atoms with E-state index in [1.165, 1.54) is 0 Å². The van der Waals surface area contributed by atoms with Gasteiger partial charge in [0.25, 0.3) is 5.91 Å². The second-order valence-electron chi connectivity index (χ2n) is 9.67. The normalized spacial score (nSPS) is 16.1. The van der Waals surface area contributed by atoms with E-state index in [1.54, 1.807) is 16.7 Å². The first-order chi connectivity index (χ1) is 17.1. The van der Waals surface area contributed by atoms with Crippen molar-refractivity contribution in [2.24, 2.45) is 5.41 Å². The number of piperazine rings is 1. The minimum Gasteiger partial charge on any atom is -0.462 e. The van der Waals surface area contributed by atoms with Gasteiger partial charge in [-0.1, -0.05) is 43.7 Å². The number of hydrogen-bond donors (Lipinski definition) is 0. The quantitative estimate of drug-likeness (QED) is 0.387. The second-order valence-corrected chi connectivity index (χ2v) is 9.94. The summed E-state index contributed by atoms with van der Waals surface area (Å²) in [5.74, 6) is -0.409. The molecule has 1 unspecified atom stereocenters. The van der Waals surface area contributed by atoms with E-state index >= 15 is 0 Å². The SMILES string of the molecule is CCCc1nc(-c2ccccc2)nc(C(=O)N2CCN(C(=O)C(C)(C)CCl)C(C)C2)c1C(=O)OCC. The number of aryl methyl sites for hydroxylation is 1. The predicted molar refractivity (Wildman–Crippen MR) is 139 cm³/mol. The molecule has 1 aromatic carbocycles. The smallest absolute Gasteiger partial charge is 0.342 e. The fourth-order valence-corrected chi connectivity index (χ4v) is 4.37. The largest absolute Gasteiger partial charge is 0.462 e. The van der Waals surface area contributed by atoms with Gasteiger partial charge >= 0.3 is 5.97 Å². The highest BCUT2D eigenvalue weighted by molar-refractivity contribution is 6.19. The molecule has 1 atom stereocenters. The van der Waals surface area contributed by atoms with Crippen molar-refractivity contribution >= 4 is 29.4 Å². The number of aromatic nitrogens is 2. The summed E-state index contributed by atoms with van der Waals surface area (Å²) in [4.78, 5) is 52.5. The van der Waals surface area contributed by atoms with Crippen molar-refractivity contribution in [2.45, 2.75) is 53.5 Å². The molecular weight excluding hydrogens is 480 g/mol. The first kappa shape index (κ1) is 27.6. The highest BCUT2D eigenvalue weighted by Gasteiger charge is 2.38. The fraction of sp³-hybridized carbons (Fsp3) is 0.519. The van der Waals surface area contributed by atoms with E-state index in [2.05, 4.69) is 9.97 Å². The molecule has 0 saturated carbocycles. The van der Waals surface area contributed by atoms with Crippen molar-refractivity contribution in [1.82, 2.24) is 19.8 Å². The van der Waals surface area contributed by atoms with Crippen LogP contribution in [0.25, 0.3) is 11.4 Å². The molecule has 9 heteroatoms. The van der Waals surface area contributed by atoms with Crippen molar-refractivity contribution in [1.29, 1.82) is 0 Å². The number of hydrogen-bond acceptors (Lipinski definition) is 6. The summed E-state index contributed by atoms with van der Waals surface area (Å²) in [6.07, 6.45) is 1.24. The molecule has 1 saturated heterocycles. The average molecular weight is 515 g/mol. The molecule has 3 rings (SSSR count). The molecule has 2 amide bonds. The molecule has 1 aromatic heterocycles. The Balaban J connectivity index is 2.01. The molecule has 0 spiro atoms. The lowest BCUT2D eigenvalue weighted by atomic mass is 9.93. The number of rotatable bonds is 8. The maximum Gasteiger partial charge on any atom is 0.342 e. The van der Waals surface area contributed by atoms with Gasteiger partial charge in [-0.2, -0.15) is 0 Å². The summed E-state index contributed by atoms with van der Waals surface area (Å²) in [6.45, 7) is 10.4. The zero-order chi connectivity index (χ0) is 26.5. The lowest BCUT2D eigenvalue weighted by Gasteiger charge is -2.42. The maximum absolute atomic E-state index is 13.8. The van der Waals surface area contributed by atoms with Crippen LogP contribution in [0.3, 0.4) is 0 Å². The van der Waals surface area contributed by atoms with Gasteiger partial charge in [-0.25, -0.2) is 14.8 Å². The van der Waals surface area contributed by atoms with E-state index in [0.29, 0.717) is 37.6 Å². The molecule has 2 aromatic rings. The number of amides is 2. The molecule has 1 aliphatic heterocycles. The van der Waals surface area contributed by atoms with Gasteiger partial charge in [0.2, 0.25) is 5.91 Å². The predicted octanol–water partition coefficient (Wildman–Crippen LogP) is 4.21. The van der Waals surface area contributed by atoms with Crippen molar-refractivity contribution < 1.29 is 19.1 Å². The van der Waals surface area contributed by atoms with Crippen LogP contribution in [0.1, 0.15) is 67.6 Å². The van der Waals surface area contributed by atoms with E-state index < -0.39 is 11.4 Å². The van der Waals surface area contributed by atoms with Crippen LogP contribution in [-0.2, 0) is 16.0 Å². The number of ether oxygens (including phenoxy) is 1. The first-order valence-electron chi connectivity index (χ1n) is 12.4. The number of carbonyl (C=O) groups excluding carboxylic acids is 3. The number of carbonyl (C=O) groups is 3. The number of benzene rings is 1. The molecular formula is C27H35ClN4O4. The van der Waals surface area contributed by atoms with E-state index in [-0.39, 0.29) is 41.6 Å². The number of nitrogens with zero attached hydrogens (tertiary/aromatic N) is 4. The minimum absolute atomic E-state index is 0.0389. The Labute approximate surface area is 218 Å². The van der Waals surface area contributed by atoms with Crippen LogP contribution in [0.2, 0.25) is 0 Å². The highest BCUT2D eigenvalue weighted by atomic mass is 35.5. The molecule has 0 bridgehead atoms. The summed E-state index contributed by atoms with van der Waals surface area (Å²) in [7, 11) is 0. The second kappa shape index (κ2) is 11.8. The van der Waals surface area contributed by atoms with Gasteiger partial charge in [-0.3, -0.25) is 9.59 Å². The van der Waals surface area contributed by atoms with Gasteiger partial charge in [-0.05, 0) is 34.1 Å². The summed E-state index contributed by atoms with van der Waals surface area (Å²) in [5, 5.41) is 0. The van der Waals surface area contributed by atoms with E-state index in [4.69, 9.17) is 16.3 Å². The number of esters is 1. The molecule has 194 valence electrons. The molecule has 0 aliphatic carbocycles. The lowest BCUT2D eigenvalue weighted by molar-refractivity contribution is -0.143. The van der Waals surface area contributed by atoms with Gasteiger partial charge < -0.3 is 14.5 Å². The van der Waals surface area contributed by atoms with Crippen LogP contribution in [-0.4, -0.2) is 75.7 Å². The standard InChI is InChI=1S/C27H35ClN4O4/c1-6-11-20-21(25(34)36-7-2)22(30-23(29-20)19-12-9-8-10-13-19)24(33)31-14-15-32(18(3)16-31)26(35)27(4,5)17-28/h8-10,12-13,18H,6-7,11,14-17H2,1-5H3. The Morgan fingerprint density at radius 1 is 1.11 bits per heavy atom. The number of halogens is 1. The van der Waals surface area contributed by atoms with Gasteiger partial charge in [0, 0.05) is 37.1 Å². The van der Waals surface area contributed by atoms with Crippen LogP contribution in [0.4, 0.5) is 0 Å². The summed E-state index contributed by atoms with van der Waals surface area (Å²) in [5.41, 5.74) is 0.729. The van der Waals surface area contributed by atoms with Crippen LogP contribution in [0, 0.1) is 5.41 Å². The third-order valence-electron chi connectivity index (χ3n) is 6.27. The van der Waals surface area contributed by atoms with Crippen LogP contribution in [0.15, 0.2) is 30.3 Å². The molecule has 0 N–H and O–H groups in total. The summed E-state index contributed by atoms with van der Waals surface area (Å²) < 4.78 is 5.30. The zero-order valence-corrected chi connectivity index (χ0v) is 22.5. The average Bonchev–Trinajstić information content (AvgIpc) is 2.88. The Kier molecular flexibility index (Phi) is 9.06. The van der Waals surface area contributed by atoms with Crippen molar-refractivity contribution in [2.75, 3.05) is 32.1 Å². The van der Waals surface area contributed by atoms with Crippen molar-refractivity contribution in [3.63, 3.8) is 0 Å². The first-order valence-corrected chi connectivity index (χ1v) is 13.0. The van der Waals surface area contributed by atoms with E-state index in [0.717, 1.165) is 12.0 Å². The number of alkyl halides is 1. The fourth-order valence-electron chi connectivity index (χ4n) is 4.25. The summed E-state index contributed by atoms with van der Waals surface area (Å²) in [6, 6.07) is 9.17. The molecule has 1 aliphatic rings. The molecule has 0 radical (unpaired) electrons. The van der Waals surface area contributed by atoms with Crippen LogP contribution in [0.5, 0.6) is 0 Å². The lowest BCUT2D eigenvalue weighted by Crippen LogP contribution is -2.58. The molecule has 2 heterocycles. The monoisotopic (exact) mass is 514 g/mol. The Morgan fingerprint density at radius 2 is 1.81 bits per heavy atom. The topological polar surface area (TPSA) is 92.7 Å². The zero-order valence-electron chi connectivity index (χ0n) is 21.7. The van der Waals surface area contributed by atoms with E-state index in [1.807, 2.05) is 58.0 Å². The van der Waals surface area contributed by atoms with Gasteiger partial charge in [0.1, 0.15) is 11.3 Å². The molecule has 36 heavy (non-hydrogen) atoms. The van der Waals surface area contributed by atoms with Crippen molar-refractivity contribution in [3.05, 3.63) is 47.3 Å². The third-order valence-corrected chi connectivity index (χ3v) is 6.94. The Bertz CT molecular complexity index is 1110.